The van der Waals surface area contributed by atoms with E-state index in [1.807, 2.05) is 18.2 Å². The molecule has 2 rings (SSSR count). The number of hydrogen-bond donors (Lipinski definition) is 1. The zero-order chi connectivity index (χ0) is 21.4. The Balaban J connectivity index is 1.88. The summed E-state index contributed by atoms with van der Waals surface area (Å²) in [4.78, 5) is 37.3. The minimum atomic E-state index is -0.948. The first-order chi connectivity index (χ1) is 13.7. The third kappa shape index (κ3) is 7.29. The van der Waals surface area contributed by atoms with E-state index in [0.717, 1.165) is 11.1 Å². The van der Waals surface area contributed by atoms with Gasteiger partial charge in [-0.3, -0.25) is 9.69 Å². The molecular weight excluding hydrogens is 372 g/mol. The number of nitrogens with zero attached hydrogens (tertiary/aromatic N) is 1. The van der Waals surface area contributed by atoms with Gasteiger partial charge in [0.05, 0.1) is 0 Å². The Morgan fingerprint density at radius 2 is 1.62 bits per heavy atom. The molecule has 2 aromatic carbocycles. The molecule has 0 bridgehead atoms. The van der Waals surface area contributed by atoms with E-state index in [-0.39, 0.29) is 13.2 Å². The fraction of sp³-hybridized carbons (Fsp3) is 0.318. The van der Waals surface area contributed by atoms with E-state index in [1.54, 1.807) is 64.2 Å². The number of ether oxygens (including phenoxy) is 2. The molecule has 0 radical (unpaired) electrons. The van der Waals surface area contributed by atoms with Crippen molar-refractivity contribution in [1.29, 1.82) is 0 Å². The van der Waals surface area contributed by atoms with Crippen molar-refractivity contribution in [2.75, 3.05) is 11.9 Å². The SMILES string of the molecule is CN(C(=O)OC(C)(C)C)c1cccc(CNC(=O)C(=O)OCc2ccccc2)c1. The summed E-state index contributed by atoms with van der Waals surface area (Å²) in [7, 11) is 1.60. The quantitative estimate of drug-likeness (QED) is 0.616. The predicted molar refractivity (Wildman–Crippen MR) is 109 cm³/mol. The minimum absolute atomic E-state index is 0.0310. The van der Waals surface area contributed by atoms with Gasteiger partial charge in [-0.05, 0) is 44.0 Å². The summed E-state index contributed by atoms with van der Waals surface area (Å²) in [6, 6.07) is 16.1. The Morgan fingerprint density at radius 3 is 2.28 bits per heavy atom. The number of carbonyl (C=O) groups is 3. The van der Waals surface area contributed by atoms with Crippen LogP contribution in [0.1, 0.15) is 31.9 Å². The molecule has 2 amide bonds. The molecule has 7 nitrogen and oxygen atoms in total. The average Bonchev–Trinajstić information content (AvgIpc) is 2.69. The lowest BCUT2D eigenvalue weighted by molar-refractivity contribution is -0.155. The smallest absolute Gasteiger partial charge is 0.414 e. The van der Waals surface area contributed by atoms with Crippen LogP contribution in [0.5, 0.6) is 0 Å². The highest BCUT2D eigenvalue weighted by molar-refractivity contribution is 6.32. The van der Waals surface area contributed by atoms with Crippen LogP contribution in [0.25, 0.3) is 0 Å². The van der Waals surface area contributed by atoms with Gasteiger partial charge in [-0.2, -0.15) is 0 Å². The number of hydrogen-bond acceptors (Lipinski definition) is 5. The molecule has 1 N–H and O–H groups in total. The molecule has 0 fully saturated rings. The Labute approximate surface area is 170 Å². The van der Waals surface area contributed by atoms with E-state index >= 15 is 0 Å². The van der Waals surface area contributed by atoms with Gasteiger partial charge in [-0.15, -0.1) is 0 Å². The highest BCUT2D eigenvalue weighted by Crippen LogP contribution is 2.18. The van der Waals surface area contributed by atoms with Gasteiger partial charge in [0.25, 0.3) is 0 Å². The number of rotatable bonds is 5. The number of benzene rings is 2. The molecule has 0 saturated heterocycles. The van der Waals surface area contributed by atoms with Crippen LogP contribution in [0.2, 0.25) is 0 Å². The number of anilines is 1. The van der Waals surface area contributed by atoms with E-state index in [1.165, 1.54) is 4.90 Å². The first-order valence-electron chi connectivity index (χ1n) is 9.20. The largest absolute Gasteiger partial charge is 0.454 e. The Kier molecular flexibility index (Phi) is 7.36. The lowest BCUT2D eigenvalue weighted by atomic mass is 10.2. The maximum atomic E-state index is 12.2. The minimum Gasteiger partial charge on any atom is -0.454 e. The highest BCUT2D eigenvalue weighted by atomic mass is 16.6. The van der Waals surface area contributed by atoms with Crippen molar-refractivity contribution in [3.05, 3.63) is 65.7 Å². The number of carbonyl (C=O) groups excluding carboxylic acids is 3. The van der Waals surface area contributed by atoms with Gasteiger partial charge in [0, 0.05) is 19.3 Å². The maximum absolute atomic E-state index is 12.2. The third-order valence-electron chi connectivity index (χ3n) is 3.82. The van der Waals surface area contributed by atoms with E-state index in [9.17, 15) is 14.4 Å². The normalized spacial score (nSPS) is 10.8. The van der Waals surface area contributed by atoms with Gasteiger partial charge in [-0.1, -0.05) is 42.5 Å². The lowest BCUT2D eigenvalue weighted by Gasteiger charge is -2.25. The van der Waals surface area contributed by atoms with E-state index in [2.05, 4.69) is 5.32 Å². The Bertz CT molecular complexity index is 859. The molecule has 0 aliphatic carbocycles. The van der Waals surface area contributed by atoms with Crippen molar-refractivity contribution in [1.82, 2.24) is 5.32 Å². The summed E-state index contributed by atoms with van der Waals surface area (Å²) >= 11 is 0. The molecule has 0 aromatic heterocycles. The fourth-order valence-corrected chi connectivity index (χ4v) is 2.35. The van der Waals surface area contributed by atoms with Gasteiger partial charge < -0.3 is 14.8 Å². The average molecular weight is 398 g/mol. The van der Waals surface area contributed by atoms with Crippen LogP contribution < -0.4 is 10.2 Å². The highest BCUT2D eigenvalue weighted by Gasteiger charge is 2.21. The molecule has 29 heavy (non-hydrogen) atoms. The van der Waals surface area contributed by atoms with Crippen molar-refractivity contribution >= 4 is 23.7 Å². The zero-order valence-electron chi connectivity index (χ0n) is 17.1. The van der Waals surface area contributed by atoms with E-state index < -0.39 is 23.6 Å². The summed E-state index contributed by atoms with van der Waals surface area (Å²) < 4.78 is 10.3. The first kappa shape index (κ1) is 21.9. The molecule has 7 heteroatoms. The fourth-order valence-electron chi connectivity index (χ4n) is 2.35. The van der Waals surface area contributed by atoms with Gasteiger partial charge >= 0.3 is 18.0 Å². The van der Waals surface area contributed by atoms with Crippen LogP contribution in [0, 0.1) is 0 Å². The summed E-state index contributed by atoms with van der Waals surface area (Å²) in [6.45, 7) is 5.53. The zero-order valence-corrected chi connectivity index (χ0v) is 17.1. The molecule has 154 valence electrons. The monoisotopic (exact) mass is 398 g/mol. The number of esters is 1. The van der Waals surface area contributed by atoms with Crippen molar-refractivity contribution < 1.29 is 23.9 Å². The summed E-state index contributed by atoms with van der Waals surface area (Å²) in [5, 5.41) is 2.52. The molecule has 0 spiro atoms. The Morgan fingerprint density at radius 1 is 0.966 bits per heavy atom. The second-order valence-electron chi connectivity index (χ2n) is 7.45. The van der Waals surface area contributed by atoms with Crippen LogP contribution in [0.3, 0.4) is 0 Å². The second-order valence-corrected chi connectivity index (χ2v) is 7.45. The molecule has 0 heterocycles. The first-order valence-corrected chi connectivity index (χ1v) is 9.20. The molecule has 2 aromatic rings. The van der Waals surface area contributed by atoms with Crippen LogP contribution in [0.15, 0.2) is 54.6 Å². The van der Waals surface area contributed by atoms with E-state index in [4.69, 9.17) is 9.47 Å². The second kappa shape index (κ2) is 9.73. The van der Waals surface area contributed by atoms with Gasteiger partial charge in [0.1, 0.15) is 12.2 Å². The molecule has 0 saturated carbocycles. The molecule has 0 aliphatic heterocycles. The molecule has 0 atom stereocenters. The summed E-state index contributed by atoms with van der Waals surface area (Å²) in [6.07, 6.45) is -0.483. The molecule has 0 unspecified atom stereocenters. The lowest BCUT2D eigenvalue weighted by Crippen LogP contribution is -2.34. The predicted octanol–water partition coefficient (Wildman–Crippen LogP) is 3.42. The number of nitrogens with one attached hydrogen (secondary N) is 1. The molecular formula is C22H26N2O5. The standard InChI is InChI=1S/C22H26N2O5/c1-22(2,3)29-21(27)24(4)18-12-8-11-17(13-18)14-23-19(25)20(26)28-15-16-9-6-5-7-10-16/h5-13H,14-15H2,1-4H3,(H,23,25). The van der Waals surface area contributed by atoms with Crippen LogP contribution in [-0.4, -0.2) is 30.6 Å². The van der Waals surface area contributed by atoms with Crippen LogP contribution in [0.4, 0.5) is 10.5 Å². The van der Waals surface area contributed by atoms with Crippen LogP contribution >= 0.6 is 0 Å². The van der Waals surface area contributed by atoms with Crippen molar-refractivity contribution in [2.24, 2.45) is 0 Å². The maximum Gasteiger partial charge on any atom is 0.414 e. The Hall–Kier alpha value is -3.35. The topological polar surface area (TPSA) is 84.9 Å². The van der Waals surface area contributed by atoms with Gasteiger partial charge in [-0.25, -0.2) is 9.59 Å². The van der Waals surface area contributed by atoms with Crippen molar-refractivity contribution in [2.45, 2.75) is 39.5 Å². The van der Waals surface area contributed by atoms with E-state index in [0.29, 0.717) is 5.69 Å². The van der Waals surface area contributed by atoms with Crippen LogP contribution in [-0.2, 0) is 32.2 Å². The number of amides is 2. The molecule has 0 aliphatic rings. The van der Waals surface area contributed by atoms with Crippen molar-refractivity contribution in [3.63, 3.8) is 0 Å². The van der Waals surface area contributed by atoms with Gasteiger partial charge in [0.15, 0.2) is 0 Å². The third-order valence-corrected chi connectivity index (χ3v) is 3.82. The van der Waals surface area contributed by atoms with Crippen molar-refractivity contribution in [3.8, 4) is 0 Å². The van der Waals surface area contributed by atoms with Gasteiger partial charge in [0.2, 0.25) is 0 Å². The summed E-state index contributed by atoms with van der Waals surface area (Å²) in [5.41, 5.74) is 1.53. The summed E-state index contributed by atoms with van der Waals surface area (Å²) in [5.74, 6) is -1.78.